The molecule has 32 heavy (non-hydrogen) atoms. The smallest absolute Gasteiger partial charge is 0.182 e. The first-order valence-electron chi connectivity index (χ1n) is 10.4. The van der Waals surface area contributed by atoms with E-state index in [0.717, 1.165) is 5.56 Å². The number of ether oxygens (including phenoxy) is 1. The zero-order valence-corrected chi connectivity index (χ0v) is 18.7. The molecule has 0 unspecified atom stereocenters. The van der Waals surface area contributed by atoms with Gasteiger partial charge in [0.25, 0.3) is 0 Å². The topological polar surface area (TPSA) is 91.9 Å². The summed E-state index contributed by atoms with van der Waals surface area (Å²) in [4.78, 5) is 9.44. The number of aromatic nitrogens is 5. The molecular weight excluding hydrogens is 426 g/mol. The number of hydrogen-bond acceptors (Lipinski definition) is 6. The van der Waals surface area contributed by atoms with Gasteiger partial charge in [-0.2, -0.15) is 5.10 Å². The van der Waals surface area contributed by atoms with Crippen molar-refractivity contribution in [1.29, 1.82) is 0 Å². The number of sulfone groups is 1. The average Bonchev–Trinajstić information content (AvgIpc) is 3.38. The first kappa shape index (κ1) is 20.4. The van der Waals surface area contributed by atoms with E-state index in [0.29, 0.717) is 41.8 Å². The van der Waals surface area contributed by atoms with E-state index in [1.54, 1.807) is 18.2 Å². The van der Waals surface area contributed by atoms with Gasteiger partial charge in [0, 0.05) is 12.2 Å². The molecule has 0 bridgehead atoms. The average molecular weight is 450 g/mol. The molecule has 8 nitrogen and oxygen atoms in total. The summed E-state index contributed by atoms with van der Waals surface area (Å²) in [7, 11) is -3.53. The van der Waals surface area contributed by atoms with Crippen molar-refractivity contribution in [1.82, 2.24) is 24.3 Å². The molecule has 0 fully saturated rings. The second-order valence-corrected chi connectivity index (χ2v) is 10.0. The summed E-state index contributed by atoms with van der Waals surface area (Å²) < 4.78 is 35.9. The highest BCUT2D eigenvalue weighted by molar-refractivity contribution is 7.90. The minimum atomic E-state index is -3.53. The Balaban J connectivity index is 1.58. The lowest BCUT2D eigenvalue weighted by atomic mass is 10.2. The Labute approximate surface area is 186 Å². The molecule has 1 aliphatic rings. The molecule has 0 amide bonds. The van der Waals surface area contributed by atoms with Gasteiger partial charge in [0.2, 0.25) is 0 Å². The Hall–Kier alpha value is -3.46. The molecule has 0 atom stereocenters. The van der Waals surface area contributed by atoms with Gasteiger partial charge in [-0.25, -0.2) is 23.1 Å². The van der Waals surface area contributed by atoms with Crippen LogP contribution in [0.4, 0.5) is 0 Å². The van der Waals surface area contributed by atoms with Crippen LogP contribution >= 0.6 is 0 Å². The van der Waals surface area contributed by atoms with E-state index in [1.165, 1.54) is 6.33 Å². The quantitative estimate of drug-likeness (QED) is 0.461. The summed E-state index contributed by atoms with van der Waals surface area (Å²) >= 11 is 0. The van der Waals surface area contributed by atoms with Crippen molar-refractivity contribution in [2.75, 3.05) is 6.61 Å². The van der Waals surface area contributed by atoms with Gasteiger partial charge in [-0.15, -0.1) is 0 Å². The molecule has 0 N–H and O–H groups in total. The maximum atomic E-state index is 13.1. The minimum absolute atomic E-state index is 0.0648. The molecule has 0 saturated carbocycles. The van der Waals surface area contributed by atoms with Crippen LogP contribution in [0.5, 0.6) is 5.75 Å². The van der Waals surface area contributed by atoms with Gasteiger partial charge >= 0.3 is 0 Å². The van der Waals surface area contributed by atoms with Crippen molar-refractivity contribution in [2.45, 2.75) is 37.1 Å². The zero-order chi connectivity index (χ0) is 22.3. The first-order chi connectivity index (χ1) is 15.4. The van der Waals surface area contributed by atoms with Crippen LogP contribution in [-0.2, 0) is 22.1 Å². The first-order valence-corrected chi connectivity index (χ1v) is 12.1. The minimum Gasteiger partial charge on any atom is -0.491 e. The maximum absolute atomic E-state index is 13.1. The van der Waals surface area contributed by atoms with Crippen molar-refractivity contribution < 1.29 is 13.2 Å². The van der Waals surface area contributed by atoms with E-state index < -0.39 is 9.84 Å². The molecule has 164 valence electrons. The summed E-state index contributed by atoms with van der Waals surface area (Å²) in [6, 6.07) is 14.3. The summed E-state index contributed by atoms with van der Waals surface area (Å²) in [5, 5.41) is 4.30. The van der Waals surface area contributed by atoms with Crippen molar-refractivity contribution in [3.05, 3.63) is 66.6 Å². The van der Waals surface area contributed by atoms with Crippen LogP contribution in [-0.4, -0.2) is 39.3 Å². The second-order valence-electron chi connectivity index (χ2n) is 8.02. The number of benzene rings is 2. The van der Waals surface area contributed by atoms with E-state index in [-0.39, 0.29) is 16.7 Å². The van der Waals surface area contributed by atoms with Crippen LogP contribution in [0, 0.1) is 0 Å². The van der Waals surface area contributed by atoms with E-state index in [9.17, 15) is 8.42 Å². The number of fused-ring (bicyclic) bond motifs is 3. The van der Waals surface area contributed by atoms with Crippen LogP contribution in [0.3, 0.4) is 0 Å². The highest BCUT2D eigenvalue weighted by Crippen LogP contribution is 2.36. The SMILES string of the molecule is CC(C)n1ncnc1-c1cn2c(n1)-c1cc(S(=O)(=O)Cc3ccccc3)ccc1OCC2. The second kappa shape index (κ2) is 7.90. The van der Waals surface area contributed by atoms with Gasteiger partial charge in [-0.3, -0.25) is 0 Å². The van der Waals surface area contributed by atoms with Crippen LogP contribution in [0.2, 0.25) is 0 Å². The van der Waals surface area contributed by atoms with E-state index >= 15 is 0 Å². The Bertz CT molecular complexity index is 1370. The molecule has 5 rings (SSSR count). The predicted octanol–water partition coefficient (Wildman–Crippen LogP) is 3.76. The normalized spacial score (nSPS) is 13.3. The van der Waals surface area contributed by atoms with E-state index in [4.69, 9.17) is 9.72 Å². The monoisotopic (exact) mass is 449 g/mol. The van der Waals surface area contributed by atoms with Crippen LogP contribution < -0.4 is 4.74 Å². The molecule has 9 heteroatoms. The summed E-state index contributed by atoms with van der Waals surface area (Å²) in [6.45, 7) is 5.13. The molecule has 0 aliphatic carbocycles. The Morgan fingerprint density at radius 3 is 2.69 bits per heavy atom. The number of hydrogen-bond donors (Lipinski definition) is 0. The van der Waals surface area contributed by atoms with Gasteiger partial charge in [0.05, 0.1) is 22.8 Å². The number of imidazole rings is 1. The maximum Gasteiger partial charge on any atom is 0.182 e. The largest absolute Gasteiger partial charge is 0.491 e. The highest BCUT2D eigenvalue weighted by atomic mass is 32.2. The van der Waals surface area contributed by atoms with Gasteiger partial charge < -0.3 is 9.30 Å². The van der Waals surface area contributed by atoms with Gasteiger partial charge in [-0.1, -0.05) is 30.3 Å². The van der Waals surface area contributed by atoms with Crippen LogP contribution in [0.25, 0.3) is 22.9 Å². The van der Waals surface area contributed by atoms with Crippen molar-refractivity contribution in [2.24, 2.45) is 0 Å². The van der Waals surface area contributed by atoms with Crippen molar-refractivity contribution in [3.8, 4) is 28.7 Å². The Morgan fingerprint density at radius 2 is 1.91 bits per heavy atom. The fourth-order valence-electron chi connectivity index (χ4n) is 3.85. The third-order valence-corrected chi connectivity index (χ3v) is 7.09. The third kappa shape index (κ3) is 3.69. The van der Waals surface area contributed by atoms with Gasteiger partial charge in [-0.05, 0) is 37.6 Å². The molecule has 2 aromatic heterocycles. The Kier molecular flexibility index (Phi) is 5.05. The summed E-state index contributed by atoms with van der Waals surface area (Å²) in [6.07, 6.45) is 3.44. The lowest BCUT2D eigenvalue weighted by molar-refractivity contribution is 0.306. The lowest BCUT2D eigenvalue weighted by Gasteiger charge is -2.10. The van der Waals surface area contributed by atoms with Crippen LogP contribution in [0.1, 0.15) is 25.5 Å². The number of nitrogens with zero attached hydrogens (tertiary/aromatic N) is 5. The fourth-order valence-corrected chi connectivity index (χ4v) is 5.23. The molecule has 0 saturated heterocycles. The molecule has 3 heterocycles. The predicted molar refractivity (Wildman–Crippen MR) is 120 cm³/mol. The van der Waals surface area contributed by atoms with Gasteiger partial charge in [0.15, 0.2) is 15.7 Å². The highest BCUT2D eigenvalue weighted by Gasteiger charge is 2.24. The standard InChI is InChI=1S/C23H23N5O3S/c1-16(2)28-23(24-15-25-28)20-13-27-10-11-31-21-9-8-18(12-19(21)22(27)26-20)32(29,30)14-17-6-4-3-5-7-17/h3-9,12-13,15-16H,10-11,14H2,1-2H3. The van der Waals surface area contributed by atoms with Crippen molar-refractivity contribution >= 4 is 9.84 Å². The zero-order valence-electron chi connectivity index (χ0n) is 17.8. The fraction of sp³-hybridized carbons (Fsp3) is 0.261. The molecular formula is C23H23N5O3S. The van der Waals surface area contributed by atoms with E-state index in [2.05, 4.69) is 10.1 Å². The number of rotatable bonds is 5. The van der Waals surface area contributed by atoms with E-state index in [1.807, 2.05) is 59.6 Å². The molecule has 4 aromatic rings. The van der Waals surface area contributed by atoms with Crippen LogP contribution in [0.15, 0.2) is 66.0 Å². The summed E-state index contributed by atoms with van der Waals surface area (Å²) in [5.41, 5.74) is 2.09. The van der Waals surface area contributed by atoms with Gasteiger partial charge in [0.1, 0.15) is 30.2 Å². The third-order valence-electron chi connectivity index (χ3n) is 5.41. The molecule has 1 aliphatic heterocycles. The Morgan fingerprint density at radius 1 is 1.09 bits per heavy atom. The molecule has 0 radical (unpaired) electrons. The summed E-state index contributed by atoms with van der Waals surface area (Å²) in [5.74, 6) is 1.88. The lowest BCUT2D eigenvalue weighted by Crippen LogP contribution is -2.06. The van der Waals surface area contributed by atoms with Crippen molar-refractivity contribution in [3.63, 3.8) is 0 Å². The molecule has 0 spiro atoms. The molecule has 2 aromatic carbocycles.